The minimum absolute atomic E-state index is 0.106. The Hall–Kier alpha value is -3.20. The van der Waals surface area contributed by atoms with Gasteiger partial charge in [-0.15, -0.1) is 5.10 Å². The van der Waals surface area contributed by atoms with Gasteiger partial charge in [0.15, 0.2) is 17.3 Å². The number of aromatic nitrogens is 4. The van der Waals surface area contributed by atoms with Crippen LogP contribution in [0.3, 0.4) is 0 Å². The number of halogens is 1. The molecule has 0 radical (unpaired) electrons. The van der Waals surface area contributed by atoms with Crippen LogP contribution in [0, 0.1) is 5.82 Å². The van der Waals surface area contributed by atoms with Crippen molar-refractivity contribution in [2.45, 2.75) is 37.8 Å². The topological polar surface area (TPSA) is 68.5 Å². The smallest absolute Gasteiger partial charge is 0.173 e. The van der Waals surface area contributed by atoms with Gasteiger partial charge < -0.3 is 14.4 Å². The van der Waals surface area contributed by atoms with E-state index in [1.807, 2.05) is 28.9 Å². The van der Waals surface area contributed by atoms with Crippen LogP contribution >= 0.6 is 0 Å². The summed E-state index contributed by atoms with van der Waals surface area (Å²) in [5, 5.41) is 13.0. The van der Waals surface area contributed by atoms with Crippen LogP contribution in [0.15, 0.2) is 42.5 Å². The van der Waals surface area contributed by atoms with Crippen molar-refractivity contribution >= 4 is 5.69 Å². The van der Waals surface area contributed by atoms with E-state index < -0.39 is 0 Å². The van der Waals surface area contributed by atoms with Crippen LogP contribution in [0.1, 0.15) is 49.2 Å². The maximum atomic E-state index is 13.4. The van der Waals surface area contributed by atoms with E-state index in [1.54, 1.807) is 14.2 Å². The van der Waals surface area contributed by atoms with Crippen LogP contribution in [0.2, 0.25) is 0 Å². The molecular formula is C25H31FN6O2. The number of piperazine rings is 1. The summed E-state index contributed by atoms with van der Waals surface area (Å²) < 4.78 is 26.5. The molecule has 1 aliphatic carbocycles. The van der Waals surface area contributed by atoms with E-state index in [0.717, 1.165) is 56.1 Å². The standard InChI is InChI=1S/C25H31FN6O2/c1-33-22-12-7-18(17-23(22)34-2)24(25-27-28-29-32(25)21-5-3-4-6-21)31-15-13-30(14-16-31)20-10-8-19(26)9-11-20/h7-12,17,21,24H,3-6,13-16H2,1-2H3/t24-/m1/s1. The number of ether oxygens (including phenoxy) is 2. The van der Waals surface area contributed by atoms with Gasteiger partial charge in [0.2, 0.25) is 0 Å². The van der Waals surface area contributed by atoms with E-state index in [2.05, 4.69) is 31.4 Å². The van der Waals surface area contributed by atoms with E-state index in [9.17, 15) is 4.39 Å². The average molecular weight is 467 g/mol. The lowest BCUT2D eigenvalue weighted by molar-refractivity contribution is 0.197. The van der Waals surface area contributed by atoms with Crippen molar-refractivity contribution in [3.8, 4) is 11.5 Å². The summed E-state index contributed by atoms with van der Waals surface area (Å²) in [5.41, 5.74) is 2.11. The molecule has 1 saturated carbocycles. The van der Waals surface area contributed by atoms with Crippen LogP contribution in [0.25, 0.3) is 0 Å². The monoisotopic (exact) mass is 466 g/mol. The first-order valence-corrected chi connectivity index (χ1v) is 11.9. The second-order valence-corrected chi connectivity index (χ2v) is 8.94. The van der Waals surface area contributed by atoms with Crippen molar-refractivity contribution in [1.29, 1.82) is 0 Å². The Labute approximate surface area is 199 Å². The van der Waals surface area contributed by atoms with E-state index in [1.165, 1.54) is 25.0 Å². The van der Waals surface area contributed by atoms with Crippen molar-refractivity contribution in [1.82, 2.24) is 25.1 Å². The van der Waals surface area contributed by atoms with Crippen LogP contribution in [-0.4, -0.2) is 65.5 Å². The summed E-state index contributed by atoms with van der Waals surface area (Å²) in [7, 11) is 3.30. The van der Waals surface area contributed by atoms with Crippen molar-refractivity contribution in [2.75, 3.05) is 45.3 Å². The van der Waals surface area contributed by atoms with Gasteiger partial charge in [0.05, 0.1) is 26.3 Å². The van der Waals surface area contributed by atoms with Crippen molar-refractivity contribution < 1.29 is 13.9 Å². The zero-order chi connectivity index (χ0) is 23.5. The first kappa shape index (κ1) is 22.6. The first-order chi connectivity index (χ1) is 16.7. The predicted octanol–water partition coefficient (Wildman–Crippen LogP) is 3.86. The molecular weight excluding hydrogens is 435 g/mol. The summed E-state index contributed by atoms with van der Waals surface area (Å²) >= 11 is 0. The van der Waals surface area contributed by atoms with Gasteiger partial charge in [-0.25, -0.2) is 9.07 Å². The molecule has 9 heteroatoms. The van der Waals surface area contributed by atoms with Gasteiger partial charge in [0.25, 0.3) is 0 Å². The van der Waals surface area contributed by atoms with E-state index in [0.29, 0.717) is 17.5 Å². The highest BCUT2D eigenvalue weighted by molar-refractivity contribution is 5.47. The van der Waals surface area contributed by atoms with Crippen LogP contribution in [0.4, 0.5) is 10.1 Å². The highest BCUT2D eigenvalue weighted by atomic mass is 19.1. The van der Waals surface area contributed by atoms with E-state index in [-0.39, 0.29) is 11.9 Å². The van der Waals surface area contributed by atoms with Gasteiger partial charge >= 0.3 is 0 Å². The molecule has 2 aromatic carbocycles. The number of nitrogens with zero attached hydrogens (tertiary/aromatic N) is 6. The quantitative estimate of drug-likeness (QED) is 0.524. The largest absolute Gasteiger partial charge is 0.493 e. The number of rotatable bonds is 7. The lowest BCUT2D eigenvalue weighted by Gasteiger charge is -2.40. The molecule has 1 saturated heterocycles. The van der Waals surface area contributed by atoms with Crippen molar-refractivity contribution in [3.63, 3.8) is 0 Å². The Morgan fingerprint density at radius 2 is 1.62 bits per heavy atom. The molecule has 0 amide bonds. The fourth-order valence-corrected chi connectivity index (χ4v) is 5.23. The Bertz CT molecular complexity index is 1090. The van der Waals surface area contributed by atoms with Gasteiger partial charge in [0, 0.05) is 31.9 Å². The third kappa shape index (κ3) is 4.44. The fraction of sp³-hybridized carbons (Fsp3) is 0.480. The summed E-state index contributed by atoms with van der Waals surface area (Å²) in [6.07, 6.45) is 4.63. The molecule has 0 spiro atoms. The van der Waals surface area contributed by atoms with Crippen LogP contribution in [0.5, 0.6) is 11.5 Å². The molecule has 1 atom stereocenters. The Morgan fingerprint density at radius 3 is 2.29 bits per heavy atom. The van der Waals surface area contributed by atoms with E-state index >= 15 is 0 Å². The minimum atomic E-state index is -0.213. The van der Waals surface area contributed by atoms with E-state index in [4.69, 9.17) is 9.47 Å². The average Bonchev–Trinajstić information content (AvgIpc) is 3.57. The fourth-order valence-electron chi connectivity index (χ4n) is 5.23. The molecule has 2 aliphatic rings. The van der Waals surface area contributed by atoms with Crippen molar-refractivity contribution in [2.24, 2.45) is 0 Å². The van der Waals surface area contributed by atoms with Crippen LogP contribution in [-0.2, 0) is 0 Å². The predicted molar refractivity (Wildman–Crippen MR) is 127 cm³/mol. The zero-order valence-electron chi connectivity index (χ0n) is 19.7. The Kier molecular flexibility index (Phi) is 6.62. The molecule has 8 nitrogen and oxygen atoms in total. The first-order valence-electron chi connectivity index (χ1n) is 11.9. The molecule has 0 bridgehead atoms. The number of benzene rings is 2. The molecule has 3 aromatic rings. The van der Waals surface area contributed by atoms with Gasteiger partial charge in [-0.3, -0.25) is 4.90 Å². The molecule has 180 valence electrons. The molecule has 1 aromatic heterocycles. The zero-order valence-corrected chi connectivity index (χ0v) is 19.7. The Balaban J connectivity index is 1.46. The lowest BCUT2D eigenvalue weighted by atomic mass is 10.0. The van der Waals surface area contributed by atoms with Gasteiger partial charge in [0.1, 0.15) is 5.82 Å². The molecule has 1 aliphatic heterocycles. The van der Waals surface area contributed by atoms with Crippen LogP contribution < -0.4 is 14.4 Å². The number of methoxy groups -OCH3 is 2. The second kappa shape index (κ2) is 9.97. The summed E-state index contributed by atoms with van der Waals surface area (Å²) in [4.78, 5) is 4.72. The maximum Gasteiger partial charge on any atom is 0.173 e. The number of anilines is 1. The SMILES string of the molecule is COc1ccc([C@H](c2nnnn2C2CCCC2)N2CCN(c3ccc(F)cc3)CC2)cc1OC. The summed E-state index contributed by atoms with van der Waals surface area (Å²) in [6.45, 7) is 3.32. The van der Waals surface area contributed by atoms with Gasteiger partial charge in [-0.2, -0.15) is 0 Å². The number of tetrazole rings is 1. The van der Waals surface area contributed by atoms with Gasteiger partial charge in [-0.05, 0) is 65.2 Å². The van der Waals surface area contributed by atoms with Gasteiger partial charge in [-0.1, -0.05) is 18.9 Å². The highest BCUT2D eigenvalue weighted by Crippen LogP contribution is 2.37. The molecule has 2 heterocycles. The normalized spacial score (nSPS) is 18.3. The summed E-state index contributed by atoms with van der Waals surface area (Å²) in [5.74, 6) is 2.04. The molecule has 2 fully saturated rings. The molecule has 34 heavy (non-hydrogen) atoms. The third-order valence-electron chi connectivity index (χ3n) is 7.03. The number of hydrogen-bond donors (Lipinski definition) is 0. The maximum absolute atomic E-state index is 13.4. The Morgan fingerprint density at radius 1 is 0.912 bits per heavy atom. The lowest BCUT2D eigenvalue weighted by Crippen LogP contribution is -2.48. The minimum Gasteiger partial charge on any atom is -0.493 e. The molecule has 0 unspecified atom stereocenters. The molecule has 5 rings (SSSR count). The summed E-state index contributed by atoms with van der Waals surface area (Å²) in [6, 6.07) is 13.0. The third-order valence-corrected chi connectivity index (χ3v) is 7.03. The highest BCUT2D eigenvalue weighted by Gasteiger charge is 2.33. The molecule has 0 N–H and O–H groups in total. The van der Waals surface area contributed by atoms with Crippen molar-refractivity contribution in [3.05, 3.63) is 59.7 Å². The second-order valence-electron chi connectivity index (χ2n) is 8.94. The number of hydrogen-bond acceptors (Lipinski definition) is 7.